The van der Waals surface area contributed by atoms with Crippen molar-refractivity contribution in [2.24, 2.45) is 12.9 Å². The molecule has 0 fully saturated rings. The molecule has 0 saturated carbocycles. The lowest BCUT2D eigenvalue weighted by atomic mass is 9.98. The molecule has 108 valence electrons. The Balaban J connectivity index is 1.96. The van der Waals surface area contributed by atoms with Crippen LogP contribution in [0.2, 0.25) is 0 Å². The zero-order valence-electron chi connectivity index (χ0n) is 12.6. The number of nitrogens with zero attached hydrogens (tertiary/aromatic N) is 2. The minimum absolute atomic E-state index is 0.283. The number of hydrazine groups is 1. The molecule has 2 aromatic rings. The summed E-state index contributed by atoms with van der Waals surface area (Å²) in [5.41, 5.74) is 8.14. The van der Waals surface area contributed by atoms with Gasteiger partial charge in [0.2, 0.25) is 0 Å². The summed E-state index contributed by atoms with van der Waals surface area (Å²) in [7, 11) is 1.98. The molecule has 1 aromatic carbocycles. The van der Waals surface area contributed by atoms with Crippen LogP contribution in [-0.4, -0.2) is 15.8 Å². The Morgan fingerprint density at radius 3 is 2.50 bits per heavy atom. The fourth-order valence-corrected chi connectivity index (χ4v) is 2.68. The molecule has 1 heterocycles. The fourth-order valence-electron chi connectivity index (χ4n) is 2.68. The standard InChI is InChI=1S/C16H24N4/c1-12-8-13(2)10-14(9-12)11-15(19-17)4-5-16-6-7-18-20(16)3/h6-10,15,19H,4-5,11,17H2,1-3H3. The topological polar surface area (TPSA) is 55.9 Å². The van der Waals surface area contributed by atoms with Gasteiger partial charge in [-0.05, 0) is 44.7 Å². The minimum atomic E-state index is 0.283. The predicted molar refractivity (Wildman–Crippen MR) is 82.3 cm³/mol. The number of aromatic nitrogens is 2. The van der Waals surface area contributed by atoms with Crippen LogP contribution in [0.1, 0.15) is 28.8 Å². The van der Waals surface area contributed by atoms with Gasteiger partial charge < -0.3 is 0 Å². The van der Waals surface area contributed by atoms with Gasteiger partial charge in [0.1, 0.15) is 0 Å². The van der Waals surface area contributed by atoms with E-state index in [9.17, 15) is 0 Å². The molecule has 0 spiro atoms. The van der Waals surface area contributed by atoms with Gasteiger partial charge >= 0.3 is 0 Å². The highest BCUT2D eigenvalue weighted by Crippen LogP contribution is 2.13. The van der Waals surface area contributed by atoms with E-state index in [-0.39, 0.29) is 6.04 Å². The van der Waals surface area contributed by atoms with Crippen LogP contribution in [0.4, 0.5) is 0 Å². The van der Waals surface area contributed by atoms with Crippen LogP contribution in [0.15, 0.2) is 30.5 Å². The van der Waals surface area contributed by atoms with Gasteiger partial charge in [-0.25, -0.2) is 0 Å². The Morgan fingerprint density at radius 2 is 1.95 bits per heavy atom. The van der Waals surface area contributed by atoms with Gasteiger partial charge in [-0.15, -0.1) is 0 Å². The number of nitrogens with one attached hydrogen (secondary N) is 1. The summed E-state index contributed by atoms with van der Waals surface area (Å²) in [6, 6.07) is 9.02. The van der Waals surface area contributed by atoms with Gasteiger partial charge in [0.05, 0.1) is 0 Å². The summed E-state index contributed by atoms with van der Waals surface area (Å²) in [6.45, 7) is 4.27. The van der Waals surface area contributed by atoms with E-state index < -0.39 is 0 Å². The third-order valence-corrected chi connectivity index (χ3v) is 3.67. The largest absolute Gasteiger partial charge is 0.273 e. The van der Waals surface area contributed by atoms with Crippen molar-refractivity contribution in [2.45, 2.75) is 39.2 Å². The number of hydrogen-bond donors (Lipinski definition) is 2. The van der Waals surface area contributed by atoms with E-state index in [2.05, 4.69) is 48.6 Å². The van der Waals surface area contributed by atoms with Crippen molar-refractivity contribution in [1.29, 1.82) is 0 Å². The van der Waals surface area contributed by atoms with Crippen molar-refractivity contribution in [3.63, 3.8) is 0 Å². The maximum Gasteiger partial charge on any atom is 0.0492 e. The second-order valence-electron chi connectivity index (χ2n) is 5.55. The van der Waals surface area contributed by atoms with Gasteiger partial charge in [0.25, 0.3) is 0 Å². The van der Waals surface area contributed by atoms with Crippen molar-refractivity contribution < 1.29 is 0 Å². The maximum absolute atomic E-state index is 5.70. The Morgan fingerprint density at radius 1 is 1.25 bits per heavy atom. The van der Waals surface area contributed by atoms with E-state index in [1.807, 2.05) is 17.9 Å². The number of rotatable bonds is 6. The number of nitrogens with two attached hydrogens (primary N) is 1. The molecule has 1 atom stereocenters. The average Bonchev–Trinajstić information content (AvgIpc) is 2.79. The highest BCUT2D eigenvalue weighted by Gasteiger charge is 2.10. The first-order valence-electron chi connectivity index (χ1n) is 7.08. The molecule has 4 heteroatoms. The number of hydrogen-bond acceptors (Lipinski definition) is 3. The summed E-state index contributed by atoms with van der Waals surface area (Å²) < 4.78 is 1.92. The van der Waals surface area contributed by atoms with Gasteiger partial charge in [-0.2, -0.15) is 5.10 Å². The van der Waals surface area contributed by atoms with Crippen molar-refractivity contribution in [2.75, 3.05) is 0 Å². The lowest BCUT2D eigenvalue weighted by Gasteiger charge is -2.16. The molecule has 3 N–H and O–H groups in total. The smallest absolute Gasteiger partial charge is 0.0492 e. The summed E-state index contributed by atoms with van der Waals surface area (Å²) in [5, 5.41) is 4.19. The summed E-state index contributed by atoms with van der Waals surface area (Å²) in [5.74, 6) is 5.70. The van der Waals surface area contributed by atoms with E-state index in [1.165, 1.54) is 22.4 Å². The summed E-state index contributed by atoms with van der Waals surface area (Å²) in [4.78, 5) is 0. The van der Waals surface area contributed by atoms with Crippen LogP contribution in [0, 0.1) is 13.8 Å². The van der Waals surface area contributed by atoms with Crippen LogP contribution in [0.5, 0.6) is 0 Å². The van der Waals surface area contributed by atoms with E-state index in [0.717, 1.165) is 19.3 Å². The third-order valence-electron chi connectivity index (χ3n) is 3.67. The van der Waals surface area contributed by atoms with Crippen molar-refractivity contribution >= 4 is 0 Å². The lowest BCUT2D eigenvalue weighted by molar-refractivity contribution is 0.484. The normalized spacial score (nSPS) is 12.6. The van der Waals surface area contributed by atoms with Crippen LogP contribution in [0.3, 0.4) is 0 Å². The van der Waals surface area contributed by atoms with Crippen LogP contribution >= 0.6 is 0 Å². The SMILES string of the molecule is Cc1cc(C)cc(CC(CCc2ccnn2C)NN)c1. The molecule has 0 saturated heterocycles. The quantitative estimate of drug-likeness (QED) is 0.625. The maximum atomic E-state index is 5.70. The molecule has 0 amide bonds. The second-order valence-corrected chi connectivity index (χ2v) is 5.55. The van der Waals surface area contributed by atoms with Crippen LogP contribution in [-0.2, 0) is 19.9 Å². The third kappa shape index (κ3) is 3.92. The zero-order valence-corrected chi connectivity index (χ0v) is 12.6. The highest BCUT2D eigenvalue weighted by atomic mass is 15.3. The first kappa shape index (κ1) is 14.8. The van der Waals surface area contributed by atoms with E-state index >= 15 is 0 Å². The van der Waals surface area contributed by atoms with E-state index in [0.29, 0.717) is 0 Å². The van der Waals surface area contributed by atoms with Crippen LogP contribution < -0.4 is 11.3 Å². The highest BCUT2D eigenvalue weighted by molar-refractivity contribution is 5.29. The minimum Gasteiger partial charge on any atom is -0.273 e. The Hall–Kier alpha value is -1.65. The second kappa shape index (κ2) is 6.68. The molecule has 1 unspecified atom stereocenters. The van der Waals surface area contributed by atoms with Crippen molar-refractivity contribution in [1.82, 2.24) is 15.2 Å². The molecule has 2 rings (SSSR count). The molecule has 20 heavy (non-hydrogen) atoms. The Kier molecular flexibility index (Phi) is 4.93. The molecular weight excluding hydrogens is 248 g/mol. The number of benzene rings is 1. The first-order valence-corrected chi connectivity index (χ1v) is 7.08. The summed E-state index contributed by atoms with van der Waals surface area (Å²) in [6.07, 6.45) is 4.78. The molecule has 0 aliphatic rings. The van der Waals surface area contributed by atoms with Gasteiger partial charge in [-0.3, -0.25) is 16.0 Å². The van der Waals surface area contributed by atoms with E-state index in [4.69, 9.17) is 5.84 Å². The molecule has 0 radical (unpaired) electrons. The van der Waals surface area contributed by atoms with E-state index in [1.54, 1.807) is 0 Å². The Bertz CT molecular complexity index is 539. The predicted octanol–water partition coefficient (Wildman–Crippen LogP) is 2.04. The van der Waals surface area contributed by atoms with Gasteiger partial charge in [0, 0.05) is 25.0 Å². The monoisotopic (exact) mass is 272 g/mol. The Labute approximate surface area is 121 Å². The molecule has 0 aliphatic heterocycles. The first-order chi connectivity index (χ1) is 9.58. The molecule has 0 aliphatic carbocycles. The van der Waals surface area contributed by atoms with Crippen LogP contribution in [0.25, 0.3) is 0 Å². The average molecular weight is 272 g/mol. The van der Waals surface area contributed by atoms with Gasteiger partial charge in [0.15, 0.2) is 0 Å². The zero-order chi connectivity index (χ0) is 14.5. The fraction of sp³-hybridized carbons (Fsp3) is 0.438. The molecular formula is C16H24N4. The van der Waals surface area contributed by atoms with Crippen molar-refractivity contribution in [3.05, 3.63) is 52.8 Å². The molecule has 1 aromatic heterocycles. The lowest BCUT2D eigenvalue weighted by Crippen LogP contribution is -2.37. The summed E-state index contributed by atoms with van der Waals surface area (Å²) >= 11 is 0. The van der Waals surface area contributed by atoms with Gasteiger partial charge in [-0.1, -0.05) is 29.3 Å². The molecule has 0 bridgehead atoms. The van der Waals surface area contributed by atoms with Crippen molar-refractivity contribution in [3.8, 4) is 0 Å². The molecule has 4 nitrogen and oxygen atoms in total. The number of aryl methyl sites for hydroxylation is 4.